The molecule has 0 atom stereocenters. The fourth-order valence-electron chi connectivity index (χ4n) is 3.49. The first-order valence-corrected chi connectivity index (χ1v) is 11.2. The van der Waals surface area contributed by atoms with Crippen molar-refractivity contribution in [2.75, 3.05) is 51.4 Å². The number of aromatic nitrogens is 2. The molecule has 164 valence electrons. The van der Waals surface area contributed by atoms with Crippen LogP contribution in [0.15, 0.2) is 40.4 Å². The van der Waals surface area contributed by atoms with Gasteiger partial charge in [-0.05, 0) is 37.6 Å². The Bertz CT molecular complexity index is 995. The second-order valence-electron chi connectivity index (χ2n) is 7.32. The van der Waals surface area contributed by atoms with Crippen molar-refractivity contribution in [2.24, 2.45) is 0 Å². The summed E-state index contributed by atoms with van der Waals surface area (Å²) in [5.41, 5.74) is 2.85. The molecule has 0 saturated carbocycles. The molecule has 0 unspecified atom stereocenters. The van der Waals surface area contributed by atoms with Crippen molar-refractivity contribution in [3.05, 3.63) is 47.2 Å². The van der Waals surface area contributed by atoms with Crippen LogP contribution in [0.25, 0.3) is 11.3 Å². The molecule has 3 aromatic rings. The van der Waals surface area contributed by atoms with Crippen LogP contribution in [-0.2, 0) is 4.74 Å². The average molecular weight is 443 g/mol. The van der Waals surface area contributed by atoms with E-state index in [0.717, 1.165) is 56.3 Å². The van der Waals surface area contributed by atoms with Crippen molar-refractivity contribution >= 4 is 22.4 Å². The van der Waals surface area contributed by atoms with Gasteiger partial charge in [0, 0.05) is 37.1 Å². The zero-order chi connectivity index (χ0) is 21.6. The molecule has 1 aliphatic rings. The minimum absolute atomic E-state index is 0.142. The third-order valence-corrected chi connectivity index (χ3v) is 6.16. The molecular formula is C22H26N4O4S. The van der Waals surface area contributed by atoms with Gasteiger partial charge in [0.05, 0.1) is 31.7 Å². The molecule has 1 aliphatic heterocycles. The van der Waals surface area contributed by atoms with Gasteiger partial charge in [-0.15, -0.1) is 11.3 Å². The minimum Gasteiger partial charge on any atom is -0.497 e. The molecular weight excluding hydrogens is 416 g/mol. The average Bonchev–Trinajstić information content (AvgIpc) is 3.46. The molecule has 8 nitrogen and oxygen atoms in total. The van der Waals surface area contributed by atoms with Crippen LogP contribution in [0.5, 0.6) is 5.75 Å². The number of amides is 1. The van der Waals surface area contributed by atoms with Crippen LogP contribution in [0.4, 0.5) is 5.13 Å². The summed E-state index contributed by atoms with van der Waals surface area (Å²) in [5.74, 6) is 0.651. The van der Waals surface area contributed by atoms with Gasteiger partial charge in [0.2, 0.25) is 0 Å². The highest BCUT2D eigenvalue weighted by molar-refractivity contribution is 7.14. The lowest BCUT2D eigenvalue weighted by Gasteiger charge is -2.27. The van der Waals surface area contributed by atoms with Gasteiger partial charge in [0.25, 0.3) is 5.91 Å². The van der Waals surface area contributed by atoms with E-state index in [1.807, 2.05) is 29.6 Å². The third-order valence-electron chi connectivity index (χ3n) is 5.29. The number of benzene rings is 1. The quantitative estimate of drug-likeness (QED) is 0.528. The van der Waals surface area contributed by atoms with Gasteiger partial charge in [-0.25, -0.2) is 4.98 Å². The van der Waals surface area contributed by atoms with Gasteiger partial charge in [-0.3, -0.25) is 14.6 Å². The zero-order valence-electron chi connectivity index (χ0n) is 17.7. The summed E-state index contributed by atoms with van der Waals surface area (Å²) in [6.07, 6.45) is 2.25. The number of morpholine rings is 1. The van der Waals surface area contributed by atoms with Crippen LogP contribution in [0.2, 0.25) is 0 Å². The van der Waals surface area contributed by atoms with E-state index in [1.165, 1.54) is 17.6 Å². The summed E-state index contributed by atoms with van der Waals surface area (Å²) in [6.45, 7) is 6.63. The molecule has 1 saturated heterocycles. The van der Waals surface area contributed by atoms with Crippen LogP contribution in [0.1, 0.15) is 22.5 Å². The number of ether oxygens (including phenoxy) is 2. The summed E-state index contributed by atoms with van der Waals surface area (Å²) in [6, 6.07) is 7.74. The third kappa shape index (κ3) is 5.12. The van der Waals surface area contributed by atoms with Crippen LogP contribution >= 0.6 is 11.3 Å². The number of carbonyl (C=O) groups excluding carboxylic acids is 1. The first-order valence-electron chi connectivity index (χ1n) is 10.3. The molecule has 0 spiro atoms. The van der Waals surface area contributed by atoms with E-state index in [1.54, 1.807) is 18.9 Å². The van der Waals surface area contributed by atoms with Gasteiger partial charge in [0.1, 0.15) is 17.6 Å². The van der Waals surface area contributed by atoms with E-state index >= 15 is 0 Å². The fraction of sp³-hybridized carbons (Fsp3) is 0.409. The predicted octanol–water partition coefficient (Wildman–Crippen LogP) is 3.48. The van der Waals surface area contributed by atoms with Crippen LogP contribution in [0, 0.1) is 6.92 Å². The fourth-order valence-corrected chi connectivity index (χ4v) is 4.35. The Morgan fingerprint density at radius 1 is 1.26 bits per heavy atom. The lowest BCUT2D eigenvalue weighted by atomic mass is 10.2. The smallest absolute Gasteiger partial charge is 0.265 e. The van der Waals surface area contributed by atoms with E-state index in [4.69, 9.17) is 19.0 Å². The Morgan fingerprint density at radius 3 is 2.71 bits per heavy atom. The second-order valence-corrected chi connectivity index (χ2v) is 8.16. The van der Waals surface area contributed by atoms with E-state index in [-0.39, 0.29) is 5.91 Å². The normalized spacial score (nSPS) is 14.5. The van der Waals surface area contributed by atoms with Crippen LogP contribution < -0.4 is 9.64 Å². The van der Waals surface area contributed by atoms with Crippen molar-refractivity contribution in [3.63, 3.8) is 0 Å². The molecule has 9 heteroatoms. The molecule has 1 aromatic carbocycles. The molecule has 3 heterocycles. The summed E-state index contributed by atoms with van der Waals surface area (Å²) in [7, 11) is 1.64. The lowest BCUT2D eigenvalue weighted by Crippen LogP contribution is -2.39. The Kier molecular flexibility index (Phi) is 6.96. The number of anilines is 1. The molecule has 0 bridgehead atoms. The van der Waals surface area contributed by atoms with Crippen molar-refractivity contribution < 1.29 is 18.8 Å². The van der Waals surface area contributed by atoms with Crippen LogP contribution in [-0.4, -0.2) is 67.5 Å². The van der Waals surface area contributed by atoms with Gasteiger partial charge in [-0.2, -0.15) is 0 Å². The molecule has 31 heavy (non-hydrogen) atoms. The Morgan fingerprint density at radius 2 is 2.03 bits per heavy atom. The monoisotopic (exact) mass is 442 g/mol. The topological polar surface area (TPSA) is 80.9 Å². The summed E-state index contributed by atoms with van der Waals surface area (Å²) < 4.78 is 15.6. The molecule has 0 N–H and O–H groups in total. The molecule has 1 fully saturated rings. The van der Waals surface area contributed by atoms with Gasteiger partial charge >= 0.3 is 0 Å². The lowest BCUT2D eigenvalue weighted by molar-refractivity contribution is 0.0376. The first kappa shape index (κ1) is 21.5. The number of aryl methyl sites for hydroxylation is 1. The SMILES string of the molecule is COc1ccc(-c2csc(N(CCCN3CCOCC3)C(=O)c3conc3C)n2)cc1. The highest BCUT2D eigenvalue weighted by Gasteiger charge is 2.24. The standard InChI is InChI=1S/C22H26N4O4S/c1-16-19(14-30-24-16)21(27)26(9-3-8-25-10-12-29-13-11-25)22-23-20(15-31-22)17-4-6-18(28-2)7-5-17/h4-7,14-15H,3,8-13H2,1-2H3. The highest BCUT2D eigenvalue weighted by Crippen LogP contribution is 2.30. The molecule has 2 aromatic heterocycles. The largest absolute Gasteiger partial charge is 0.497 e. The summed E-state index contributed by atoms with van der Waals surface area (Å²) in [5, 5.41) is 6.50. The van der Waals surface area contributed by atoms with Crippen molar-refractivity contribution in [1.29, 1.82) is 0 Å². The number of hydrogen-bond donors (Lipinski definition) is 0. The number of carbonyl (C=O) groups is 1. The number of thiazole rings is 1. The number of rotatable bonds is 8. The van der Waals surface area contributed by atoms with E-state index in [2.05, 4.69) is 10.1 Å². The highest BCUT2D eigenvalue weighted by atomic mass is 32.1. The zero-order valence-corrected chi connectivity index (χ0v) is 18.6. The van der Waals surface area contributed by atoms with Gasteiger partial charge in [0.15, 0.2) is 5.13 Å². The van der Waals surface area contributed by atoms with Gasteiger partial charge < -0.3 is 14.0 Å². The number of hydrogen-bond acceptors (Lipinski definition) is 8. The number of methoxy groups -OCH3 is 1. The first-order chi connectivity index (χ1) is 15.2. The molecule has 1 amide bonds. The maximum atomic E-state index is 13.3. The maximum absolute atomic E-state index is 13.3. The van der Waals surface area contributed by atoms with Crippen molar-refractivity contribution in [1.82, 2.24) is 15.0 Å². The van der Waals surface area contributed by atoms with Crippen molar-refractivity contribution in [2.45, 2.75) is 13.3 Å². The molecule has 0 radical (unpaired) electrons. The summed E-state index contributed by atoms with van der Waals surface area (Å²) >= 11 is 1.46. The van der Waals surface area contributed by atoms with Crippen LogP contribution in [0.3, 0.4) is 0 Å². The Balaban J connectivity index is 1.52. The Labute approximate surface area is 185 Å². The molecule has 0 aliphatic carbocycles. The number of nitrogens with zero attached hydrogens (tertiary/aromatic N) is 4. The minimum atomic E-state index is -0.142. The van der Waals surface area contributed by atoms with E-state index in [0.29, 0.717) is 22.9 Å². The Hall–Kier alpha value is -2.75. The van der Waals surface area contributed by atoms with Gasteiger partial charge in [-0.1, -0.05) is 5.16 Å². The molecule has 4 rings (SSSR count). The maximum Gasteiger partial charge on any atom is 0.265 e. The van der Waals surface area contributed by atoms with E-state index < -0.39 is 0 Å². The van der Waals surface area contributed by atoms with E-state index in [9.17, 15) is 4.79 Å². The van der Waals surface area contributed by atoms with Crippen molar-refractivity contribution in [3.8, 4) is 17.0 Å². The summed E-state index contributed by atoms with van der Waals surface area (Å²) in [4.78, 5) is 22.1. The second kappa shape index (κ2) is 10.0. The predicted molar refractivity (Wildman–Crippen MR) is 119 cm³/mol.